The summed E-state index contributed by atoms with van der Waals surface area (Å²) < 4.78 is 14.2. The molecule has 0 atom stereocenters. The predicted octanol–water partition coefficient (Wildman–Crippen LogP) is 5.83. The van der Waals surface area contributed by atoms with Crippen molar-refractivity contribution in [3.8, 4) is 29.0 Å². The van der Waals surface area contributed by atoms with Gasteiger partial charge in [-0.3, -0.25) is 4.57 Å². The monoisotopic (exact) mass is 426 g/mol. The highest BCUT2D eigenvalue weighted by Gasteiger charge is 2.10. The number of pyridine rings is 2. The molecule has 2 aromatic carbocycles. The lowest BCUT2D eigenvalue weighted by atomic mass is 10.1. The number of nitrogens with zero attached hydrogens (tertiary/aromatic N) is 2. The first-order valence-corrected chi connectivity index (χ1v) is 10.4. The van der Waals surface area contributed by atoms with Crippen molar-refractivity contribution in [1.29, 1.82) is 0 Å². The van der Waals surface area contributed by atoms with Gasteiger partial charge in [0.1, 0.15) is 35.0 Å². The normalized spacial score (nSPS) is 10.4. The Hall–Kier alpha value is -3.62. The molecule has 0 aliphatic rings. The maximum atomic E-state index is 5.93. The summed E-state index contributed by atoms with van der Waals surface area (Å²) >= 11 is 5.63. The van der Waals surface area contributed by atoms with Crippen LogP contribution < -0.4 is 9.47 Å². The van der Waals surface area contributed by atoms with Gasteiger partial charge in [0, 0.05) is 18.0 Å². The third-order valence-electron chi connectivity index (χ3n) is 4.68. The topological polar surface area (TPSA) is 36.3 Å². The summed E-state index contributed by atoms with van der Waals surface area (Å²) in [5.74, 6) is 7.50. The number of hydrogen-bond donors (Lipinski definition) is 0. The lowest BCUT2D eigenvalue weighted by molar-refractivity contribution is 0.363. The van der Waals surface area contributed by atoms with E-state index < -0.39 is 0 Å². The summed E-state index contributed by atoms with van der Waals surface area (Å²) in [4.78, 5) is 4.54. The maximum absolute atomic E-state index is 5.93. The molecule has 0 saturated carbocycles. The second-order valence-electron chi connectivity index (χ2n) is 7.15. The van der Waals surface area contributed by atoms with Crippen LogP contribution in [0, 0.1) is 30.3 Å². The van der Waals surface area contributed by atoms with Crippen molar-refractivity contribution in [2.75, 3.05) is 13.2 Å². The molecular formula is C26H22N2O2S. The van der Waals surface area contributed by atoms with Crippen LogP contribution in [0.4, 0.5) is 0 Å². The van der Waals surface area contributed by atoms with E-state index in [1.54, 1.807) is 6.20 Å². The molecule has 31 heavy (non-hydrogen) atoms. The highest BCUT2D eigenvalue weighted by atomic mass is 32.1. The van der Waals surface area contributed by atoms with E-state index >= 15 is 0 Å². The van der Waals surface area contributed by atoms with Crippen molar-refractivity contribution in [3.63, 3.8) is 0 Å². The highest BCUT2D eigenvalue weighted by molar-refractivity contribution is 7.71. The molecule has 0 aliphatic carbocycles. The van der Waals surface area contributed by atoms with Gasteiger partial charge in [0.15, 0.2) is 0 Å². The van der Waals surface area contributed by atoms with Gasteiger partial charge in [-0.2, -0.15) is 0 Å². The number of benzene rings is 2. The van der Waals surface area contributed by atoms with Gasteiger partial charge in [0.2, 0.25) is 0 Å². The van der Waals surface area contributed by atoms with E-state index in [4.69, 9.17) is 21.7 Å². The molecule has 0 amide bonds. The zero-order chi connectivity index (χ0) is 21.6. The van der Waals surface area contributed by atoms with Gasteiger partial charge in [-0.25, -0.2) is 4.98 Å². The Morgan fingerprint density at radius 2 is 1.58 bits per heavy atom. The molecule has 2 aromatic heterocycles. The Balaban J connectivity index is 1.49. The Morgan fingerprint density at radius 3 is 2.32 bits per heavy atom. The van der Waals surface area contributed by atoms with Crippen LogP contribution in [0.1, 0.15) is 11.1 Å². The van der Waals surface area contributed by atoms with Crippen LogP contribution in [-0.4, -0.2) is 22.8 Å². The van der Waals surface area contributed by atoms with Gasteiger partial charge in [-0.05, 0) is 61.4 Å². The van der Waals surface area contributed by atoms with Gasteiger partial charge >= 0.3 is 0 Å². The number of hydrogen-bond acceptors (Lipinski definition) is 4. The Bertz CT molecular complexity index is 1310. The van der Waals surface area contributed by atoms with Gasteiger partial charge in [0.25, 0.3) is 0 Å². The lowest BCUT2D eigenvalue weighted by Gasteiger charge is -2.13. The lowest BCUT2D eigenvalue weighted by Crippen LogP contribution is -2.04. The zero-order valence-electron chi connectivity index (χ0n) is 17.5. The van der Waals surface area contributed by atoms with E-state index in [0.717, 1.165) is 22.5 Å². The predicted molar refractivity (Wildman–Crippen MR) is 127 cm³/mol. The second kappa shape index (κ2) is 9.46. The van der Waals surface area contributed by atoms with E-state index in [0.29, 0.717) is 17.0 Å². The van der Waals surface area contributed by atoms with Crippen LogP contribution in [0.3, 0.4) is 0 Å². The molecule has 0 bridgehead atoms. The fourth-order valence-electron chi connectivity index (χ4n) is 3.42. The molecule has 0 N–H and O–H groups in total. The number of fused-ring (bicyclic) bond motifs is 1. The molecule has 154 valence electrons. The first-order valence-electron chi connectivity index (χ1n) is 9.97. The first-order chi connectivity index (χ1) is 15.1. The molecule has 5 heteroatoms. The van der Waals surface area contributed by atoms with Crippen LogP contribution in [0.25, 0.3) is 16.7 Å². The van der Waals surface area contributed by atoms with E-state index in [9.17, 15) is 0 Å². The van der Waals surface area contributed by atoms with Crippen LogP contribution in [0.5, 0.6) is 11.5 Å². The molecule has 2 heterocycles. The van der Waals surface area contributed by atoms with E-state index in [2.05, 4.69) is 22.9 Å². The average molecular weight is 427 g/mol. The molecule has 4 aromatic rings. The molecule has 0 spiro atoms. The minimum absolute atomic E-state index is 0.240. The van der Waals surface area contributed by atoms with Crippen molar-refractivity contribution in [3.05, 3.63) is 88.7 Å². The molecule has 0 radical (unpaired) electrons. The van der Waals surface area contributed by atoms with Crippen LogP contribution in [-0.2, 0) is 0 Å². The highest BCUT2D eigenvalue weighted by Crippen LogP contribution is 2.27. The molecule has 0 aliphatic heterocycles. The smallest absolute Gasteiger partial charge is 0.149 e. The van der Waals surface area contributed by atoms with Gasteiger partial charge in [-0.15, -0.1) is 0 Å². The molecule has 0 fully saturated rings. The largest absolute Gasteiger partial charge is 0.481 e. The standard InChI is InChI=1S/C26H22N2O2S/c1-19-15-20(2)17-22(16-19)29-13-6-7-14-30-24-18-25(31)28(21-9-4-3-5-10-21)26-23(24)11-8-12-27-26/h3-5,8-12,15-18H,13-14H2,1-2H3. The van der Waals surface area contributed by atoms with Crippen LogP contribution in [0.2, 0.25) is 0 Å². The van der Waals surface area contributed by atoms with E-state index in [1.807, 2.05) is 79.1 Å². The Morgan fingerprint density at radius 1 is 0.871 bits per heavy atom. The van der Waals surface area contributed by atoms with Crippen LogP contribution in [0.15, 0.2) is 72.9 Å². The summed E-state index contributed by atoms with van der Waals surface area (Å²) in [7, 11) is 0. The fourth-order valence-corrected chi connectivity index (χ4v) is 3.72. The first kappa shape index (κ1) is 20.6. The number of para-hydroxylation sites is 1. The van der Waals surface area contributed by atoms with Crippen molar-refractivity contribution >= 4 is 23.3 Å². The second-order valence-corrected chi connectivity index (χ2v) is 7.56. The van der Waals surface area contributed by atoms with Gasteiger partial charge < -0.3 is 9.47 Å². The maximum Gasteiger partial charge on any atom is 0.149 e. The van der Waals surface area contributed by atoms with Gasteiger partial charge in [0.05, 0.1) is 5.39 Å². The molecule has 4 rings (SSSR count). The fraction of sp³-hybridized carbons (Fsp3) is 0.154. The summed E-state index contributed by atoms with van der Waals surface area (Å²) in [6.45, 7) is 4.65. The summed E-state index contributed by atoms with van der Waals surface area (Å²) in [5.41, 5.74) is 4.06. The number of rotatable bonds is 5. The summed E-state index contributed by atoms with van der Waals surface area (Å²) in [6, 6.07) is 21.8. The van der Waals surface area contributed by atoms with Crippen LogP contribution >= 0.6 is 12.2 Å². The molecule has 0 unspecified atom stereocenters. The third-order valence-corrected chi connectivity index (χ3v) is 4.98. The zero-order valence-corrected chi connectivity index (χ0v) is 18.3. The molecule has 4 nitrogen and oxygen atoms in total. The van der Waals surface area contributed by atoms with E-state index in [1.165, 1.54) is 11.1 Å². The summed E-state index contributed by atoms with van der Waals surface area (Å²) in [5, 5.41) is 0.883. The molecule has 0 saturated heterocycles. The quantitative estimate of drug-likeness (QED) is 0.297. The third kappa shape index (κ3) is 4.93. The number of aromatic nitrogens is 2. The Labute approximate surface area is 187 Å². The van der Waals surface area contributed by atoms with Crippen molar-refractivity contribution in [2.24, 2.45) is 0 Å². The minimum atomic E-state index is 0.240. The number of ether oxygens (including phenoxy) is 2. The van der Waals surface area contributed by atoms with E-state index in [-0.39, 0.29) is 6.61 Å². The van der Waals surface area contributed by atoms with Crippen molar-refractivity contribution < 1.29 is 9.47 Å². The van der Waals surface area contributed by atoms with Gasteiger partial charge in [-0.1, -0.05) is 48.3 Å². The molecular weight excluding hydrogens is 404 g/mol. The Kier molecular flexibility index (Phi) is 6.30. The van der Waals surface area contributed by atoms with Crippen molar-refractivity contribution in [2.45, 2.75) is 13.8 Å². The van der Waals surface area contributed by atoms with Crippen molar-refractivity contribution in [1.82, 2.24) is 9.55 Å². The average Bonchev–Trinajstić information content (AvgIpc) is 2.76. The summed E-state index contributed by atoms with van der Waals surface area (Å²) in [6.07, 6.45) is 1.75. The minimum Gasteiger partial charge on any atom is -0.481 e. The SMILES string of the molecule is Cc1cc(C)cc(OCC#CCOc2cc(=S)n(-c3ccccc3)c3ncccc23)c1. The number of aryl methyl sites for hydroxylation is 2.